The van der Waals surface area contributed by atoms with Gasteiger partial charge in [-0.3, -0.25) is 4.79 Å². The number of aliphatic hydroxyl groups is 2. The van der Waals surface area contributed by atoms with Gasteiger partial charge in [-0.2, -0.15) is 0 Å². The van der Waals surface area contributed by atoms with Gasteiger partial charge >= 0.3 is 11.9 Å². The zero-order chi connectivity index (χ0) is 28.0. The average molecular weight is 529 g/mol. The normalized spacial score (nSPS) is 11.1. The number of hydrogen-bond acceptors (Lipinski definition) is 8. The maximum absolute atomic E-state index is 12.1. The summed E-state index contributed by atoms with van der Waals surface area (Å²) in [6, 6.07) is 13.6. The number of hydrogen-bond donors (Lipinski definition) is 2. The Hall–Kier alpha value is -3.36. The second-order valence-electron chi connectivity index (χ2n) is 9.56. The topological polar surface area (TPSA) is 112 Å². The number of carbonyl (C=O) groups excluding carboxylic acids is 2. The van der Waals surface area contributed by atoms with Crippen LogP contribution in [0.2, 0.25) is 0 Å². The van der Waals surface area contributed by atoms with Crippen molar-refractivity contribution in [2.45, 2.75) is 46.5 Å². The van der Waals surface area contributed by atoms with Crippen molar-refractivity contribution < 1.29 is 38.7 Å². The zero-order valence-corrected chi connectivity index (χ0v) is 22.7. The van der Waals surface area contributed by atoms with Crippen LogP contribution in [0.3, 0.4) is 0 Å². The van der Waals surface area contributed by atoms with Crippen LogP contribution in [0.4, 0.5) is 0 Å². The Morgan fingerprint density at radius 3 is 2.03 bits per heavy atom. The maximum Gasteiger partial charge on any atom is 0.335 e. The van der Waals surface area contributed by atoms with Crippen LogP contribution in [-0.4, -0.2) is 61.8 Å². The van der Waals surface area contributed by atoms with Gasteiger partial charge in [0, 0.05) is 0 Å². The number of aliphatic hydroxyl groups excluding tert-OH is 2. The van der Waals surface area contributed by atoms with Crippen molar-refractivity contribution in [1.29, 1.82) is 0 Å². The lowest BCUT2D eigenvalue weighted by Gasteiger charge is -2.20. The lowest BCUT2D eigenvalue weighted by molar-refractivity contribution is -0.156. The molecule has 2 aromatic carbocycles. The van der Waals surface area contributed by atoms with Gasteiger partial charge in [0.15, 0.2) is 0 Å². The second-order valence-corrected chi connectivity index (χ2v) is 9.56. The molecule has 38 heavy (non-hydrogen) atoms. The minimum absolute atomic E-state index is 0.0185. The Balaban J connectivity index is 2.16. The van der Waals surface area contributed by atoms with Crippen molar-refractivity contribution in [3.05, 3.63) is 60.2 Å². The lowest BCUT2D eigenvalue weighted by atomic mass is 9.95. The molecule has 2 aromatic rings. The highest BCUT2D eigenvalue weighted by Gasteiger charge is 2.28. The van der Waals surface area contributed by atoms with Gasteiger partial charge in [-0.15, -0.1) is 0 Å². The third-order valence-corrected chi connectivity index (χ3v) is 5.88. The largest absolute Gasteiger partial charge is 0.489 e. The van der Waals surface area contributed by atoms with Crippen molar-refractivity contribution in [1.82, 2.24) is 0 Å². The molecule has 0 aliphatic heterocycles. The van der Waals surface area contributed by atoms with Crippen molar-refractivity contribution >= 4 is 11.9 Å². The minimum Gasteiger partial charge on any atom is -0.489 e. The van der Waals surface area contributed by atoms with E-state index in [9.17, 15) is 14.7 Å². The quantitative estimate of drug-likeness (QED) is 0.175. The first-order chi connectivity index (χ1) is 18.2. The SMILES string of the molecule is C=C(CO)C(=O)OCCOc1cccc(OCCOC(=O)C(C)(C)CO)c1-c1ccc(CCCCC)cc1. The molecular formula is C30H40O8. The molecule has 0 amide bonds. The van der Waals surface area contributed by atoms with Gasteiger partial charge in [0.05, 0.1) is 29.8 Å². The fourth-order valence-corrected chi connectivity index (χ4v) is 3.45. The fraction of sp³-hybridized carbons (Fsp3) is 0.467. The summed E-state index contributed by atoms with van der Waals surface area (Å²) < 4.78 is 22.3. The molecule has 8 nitrogen and oxygen atoms in total. The summed E-state index contributed by atoms with van der Waals surface area (Å²) >= 11 is 0. The molecule has 8 heteroatoms. The number of rotatable bonds is 17. The average Bonchev–Trinajstić information content (AvgIpc) is 2.93. The summed E-state index contributed by atoms with van der Waals surface area (Å²) in [6.45, 7) is 8.27. The summed E-state index contributed by atoms with van der Waals surface area (Å²) in [6.07, 6.45) is 4.50. The minimum atomic E-state index is -0.981. The Morgan fingerprint density at radius 2 is 1.47 bits per heavy atom. The number of unbranched alkanes of at least 4 members (excludes halogenated alkanes) is 2. The number of carbonyl (C=O) groups is 2. The highest BCUT2D eigenvalue weighted by atomic mass is 16.6. The molecule has 0 spiro atoms. The van der Waals surface area contributed by atoms with Crippen LogP contribution in [-0.2, 0) is 25.5 Å². The van der Waals surface area contributed by atoms with Crippen LogP contribution in [0, 0.1) is 5.41 Å². The van der Waals surface area contributed by atoms with Crippen LogP contribution in [0.15, 0.2) is 54.6 Å². The summed E-state index contributed by atoms with van der Waals surface area (Å²) in [5, 5.41) is 18.3. The number of ether oxygens (including phenoxy) is 4. The van der Waals surface area contributed by atoms with Gasteiger partial charge in [0.25, 0.3) is 0 Å². The summed E-state index contributed by atoms with van der Waals surface area (Å²) in [5.41, 5.74) is 1.85. The third-order valence-electron chi connectivity index (χ3n) is 5.88. The first-order valence-corrected chi connectivity index (χ1v) is 12.9. The molecular weight excluding hydrogens is 488 g/mol. The molecule has 208 valence electrons. The van der Waals surface area contributed by atoms with Crippen LogP contribution < -0.4 is 9.47 Å². The van der Waals surface area contributed by atoms with Crippen molar-refractivity contribution in [3.63, 3.8) is 0 Å². The molecule has 2 rings (SSSR count). The highest BCUT2D eigenvalue weighted by molar-refractivity contribution is 5.87. The van der Waals surface area contributed by atoms with E-state index in [4.69, 9.17) is 24.1 Å². The van der Waals surface area contributed by atoms with Gasteiger partial charge in [0.1, 0.15) is 37.9 Å². The van der Waals surface area contributed by atoms with Crippen molar-refractivity contribution in [2.24, 2.45) is 5.41 Å². The first-order valence-electron chi connectivity index (χ1n) is 12.9. The van der Waals surface area contributed by atoms with E-state index in [2.05, 4.69) is 25.6 Å². The molecule has 0 fully saturated rings. The van der Waals surface area contributed by atoms with Gasteiger partial charge in [-0.1, -0.05) is 56.7 Å². The summed E-state index contributed by atoms with van der Waals surface area (Å²) in [5.74, 6) is -0.0926. The van der Waals surface area contributed by atoms with Crippen molar-refractivity contribution in [3.8, 4) is 22.6 Å². The number of benzene rings is 2. The standard InChI is InChI=1S/C30H40O8/c1-5-6-7-9-23-12-14-24(15-13-23)27-25(35-16-18-37-28(33)22(2)20-31)10-8-11-26(27)36-17-19-38-29(34)30(3,4)21-32/h8,10-15,31-32H,2,5-7,9,16-21H2,1,3-4H3. The Bertz CT molecular complexity index is 1040. The van der Waals surface area contributed by atoms with Gasteiger partial charge < -0.3 is 29.2 Å². The molecule has 0 heterocycles. The van der Waals surface area contributed by atoms with E-state index in [0.717, 1.165) is 24.0 Å². The van der Waals surface area contributed by atoms with Crippen LogP contribution in [0.1, 0.15) is 45.6 Å². The van der Waals surface area contributed by atoms with E-state index in [1.807, 2.05) is 18.2 Å². The molecule has 0 bridgehead atoms. The van der Waals surface area contributed by atoms with E-state index < -0.39 is 24.0 Å². The van der Waals surface area contributed by atoms with E-state index >= 15 is 0 Å². The fourth-order valence-electron chi connectivity index (χ4n) is 3.45. The Kier molecular flexibility index (Phi) is 12.8. The van der Waals surface area contributed by atoms with Crippen LogP contribution >= 0.6 is 0 Å². The van der Waals surface area contributed by atoms with Crippen LogP contribution in [0.5, 0.6) is 11.5 Å². The highest BCUT2D eigenvalue weighted by Crippen LogP contribution is 2.38. The smallest absolute Gasteiger partial charge is 0.335 e. The predicted octanol–water partition coefficient (Wildman–Crippen LogP) is 4.50. The number of aryl methyl sites for hydroxylation is 1. The van der Waals surface area contributed by atoms with E-state index in [-0.39, 0.29) is 38.6 Å². The zero-order valence-electron chi connectivity index (χ0n) is 22.7. The molecule has 0 unspecified atom stereocenters. The molecule has 0 radical (unpaired) electrons. The van der Waals surface area contributed by atoms with Gasteiger partial charge in [0.2, 0.25) is 0 Å². The third kappa shape index (κ3) is 9.50. The molecule has 0 atom stereocenters. The molecule has 0 aliphatic rings. The summed E-state index contributed by atoms with van der Waals surface area (Å²) in [7, 11) is 0. The monoisotopic (exact) mass is 528 g/mol. The van der Waals surface area contributed by atoms with E-state index in [1.54, 1.807) is 26.0 Å². The molecule has 2 N–H and O–H groups in total. The molecule has 0 aliphatic carbocycles. The van der Waals surface area contributed by atoms with Crippen LogP contribution in [0.25, 0.3) is 11.1 Å². The van der Waals surface area contributed by atoms with E-state index in [0.29, 0.717) is 11.5 Å². The Labute approximate surface area is 225 Å². The molecule has 0 saturated carbocycles. The van der Waals surface area contributed by atoms with Gasteiger partial charge in [-0.25, -0.2) is 4.79 Å². The number of esters is 2. The molecule has 0 aromatic heterocycles. The van der Waals surface area contributed by atoms with Gasteiger partial charge in [-0.05, 0) is 49.9 Å². The Morgan fingerprint density at radius 1 is 0.868 bits per heavy atom. The molecule has 0 saturated heterocycles. The van der Waals surface area contributed by atoms with E-state index in [1.165, 1.54) is 18.4 Å². The predicted molar refractivity (Wildman–Crippen MR) is 145 cm³/mol. The van der Waals surface area contributed by atoms with Crippen molar-refractivity contribution in [2.75, 3.05) is 39.6 Å². The summed E-state index contributed by atoms with van der Waals surface area (Å²) in [4.78, 5) is 23.8. The first kappa shape index (κ1) is 30.9. The lowest BCUT2D eigenvalue weighted by Crippen LogP contribution is -2.31. The maximum atomic E-state index is 12.1. The second kappa shape index (κ2) is 15.8.